The van der Waals surface area contributed by atoms with Crippen LogP contribution in [-0.2, 0) is 21.7 Å². The number of nitrogens with one attached hydrogen (secondary N) is 2. The zero-order chi connectivity index (χ0) is 18.0. The van der Waals surface area contributed by atoms with Crippen LogP contribution in [0.25, 0.3) is 0 Å². The number of rotatable bonds is 5. The Morgan fingerprint density at radius 1 is 1.28 bits per heavy atom. The molecule has 2 aromatic rings. The molecule has 0 aliphatic carbocycles. The molecule has 1 atom stereocenters. The van der Waals surface area contributed by atoms with Gasteiger partial charge in [0, 0.05) is 10.4 Å². The minimum Gasteiger partial charge on any atom is -0.350 e. The molecule has 4 amide bonds. The Hall–Kier alpha value is -2.74. The number of benzene rings is 1. The van der Waals surface area contributed by atoms with E-state index in [0.29, 0.717) is 6.54 Å². The van der Waals surface area contributed by atoms with Gasteiger partial charge < -0.3 is 10.6 Å². The molecule has 2 N–H and O–H groups in total. The molecule has 1 saturated heterocycles. The normalized spacial score (nSPS) is 19.8. The van der Waals surface area contributed by atoms with E-state index in [0.717, 1.165) is 9.78 Å². The second-order valence-corrected chi connectivity index (χ2v) is 6.81. The van der Waals surface area contributed by atoms with Crippen LogP contribution in [0.3, 0.4) is 0 Å². The maximum Gasteiger partial charge on any atom is 0.325 e. The maximum absolute atomic E-state index is 14.1. The number of thiophene rings is 1. The van der Waals surface area contributed by atoms with Crippen LogP contribution in [0.1, 0.15) is 17.4 Å². The molecule has 25 heavy (non-hydrogen) atoms. The number of urea groups is 1. The molecule has 3 rings (SSSR count). The summed E-state index contributed by atoms with van der Waals surface area (Å²) in [4.78, 5) is 38.6. The highest BCUT2D eigenvalue weighted by Gasteiger charge is 2.50. The Labute approximate surface area is 147 Å². The van der Waals surface area contributed by atoms with E-state index in [4.69, 9.17) is 0 Å². The van der Waals surface area contributed by atoms with Crippen molar-refractivity contribution in [2.24, 2.45) is 0 Å². The van der Waals surface area contributed by atoms with E-state index in [9.17, 15) is 18.8 Å². The van der Waals surface area contributed by atoms with Crippen molar-refractivity contribution in [2.45, 2.75) is 19.0 Å². The first-order valence-corrected chi connectivity index (χ1v) is 8.48. The summed E-state index contributed by atoms with van der Waals surface area (Å²) in [6.07, 6.45) is 0. The zero-order valence-electron chi connectivity index (χ0n) is 13.4. The summed E-state index contributed by atoms with van der Waals surface area (Å²) in [6.45, 7) is 1.33. The van der Waals surface area contributed by atoms with Crippen LogP contribution in [0.15, 0.2) is 41.8 Å². The standard InChI is InChI=1S/C17H16FN3O3S/c1-17(12-6-2-3-7-13(12)18)15(23)21(16(24)20-17)10-14(22)19-9-11-5-4-8-25-11/h2-8H,9-10H2,1H3,(H,19,22)(H,20,24). The van der Waals surface area contributed by atoms with Crippen molar-refractivity contribution in [3.8, 4) is 0 Å². The highest BCUT2D eigenvalue weighted by molar-refractivity contribution is 7.09. The van der Waals surface area contributed by atoms with E-state index in [1.807, 2.05) is 17.5 Å². The summed E-state index contributed by atoms with van der Waals surface area (Å²) in [7, 11) is 0. The van der Waals surface area contributed by atoms with Gasteiger partial charge in [0.2, 0.25) is 5.91 Å². The molecule has 1 fully saturated rings. The Morgan fingerprint density at radius 2 is 2.04 bits per heavy atom. The molecule has 6 nitrogen and oxygen atoms in total. The van der Waals surface area contributed by atoms with Crippen LogP contribution in [0.4, 0.5) is 9.18 Å². The third kappa shape index (κ3) is 3.25. The number of hydrogen-bond donors (Lipinski definition) is 2. The molecule has 1 aliphatic heterocycles. The lowest BCUT2D eigenvalue weighted by Gasteiger charge is -2.22. The van der Waals surface area contributed by atoms with E-state index < -0.39 is 35.7 Å². The number of imide groups is 1. The van der Waals surface area contributed by atoms with Gasteiger partial charge in [0.25, 0.3) is 5.91 Å². The number of nitrogens with zero attached hydrogens (tertiary/aromatic N) is 1. The lowest BCUT2D eigenvalue weighted by atomic mass is 9.91. The van der Waals surface area contributed by atoms with Crippen molar-refractivity contribution in [3.05, 3.63) is 58.0 Å². The zero-order valence-corrected chi connectivity index (χ0v) is 14.2. The van der Waals surface area contributed by atoms with Gasteiger partial charge >= 0.3 is 6.03 Å². The maximum atomic E-state index is 14.1. The smallest absolute Gasteiger partial charge is 0.325 e. The van der Waals surface area contributed by atoms with Gasteiger partial charge in [0.1, 0.15) is 17.9 Å². The third-order valence-electron chi connectivity index (χ3n) is 4.03. The van der Waals surface area contributed by atoms with Crippen molar-refractivity contribution in [1.82, 2.24) is 15.5 Å². The second-order valence-electron chi connectivity index (χ2n) is 5.78. The Morgan fingerprint density at radius 3 is 2.72 bits per heavy atom. The first kappa shape index (κ1) is 17.1. The van der Waals surface area contributed by atoms with Gasteiger partial charge in [-0.25, -0.2) is 9.18 Å². The minimum atomic E-state index is -1.53. The van der Waals surface area contributed by atoms with E-state index in [1.165, 1.54) is 36.5 Å². The van der Waals surface area contributed by atoms with E-state index in [2.05, 4.69) is 10.6 Å². The number of carbonyl (C=O) groups excluding carboxylic acids is 3. The molecule has 1 aromatic carbocycles. The molecule has 2 heterocycles. The number of hydrogen-bond acceptors (Lipinski definition) is 4. The van der Waals surface area contributed by atoms with E-state index >= 15 is 0 Å². The molecular formula is C17H16FN3O3S. The lowest BCUT2D eigenvalue weighted by molar-refractivity contribution is -0.134. The molecule has 8 heteroatoms. The summed E-state index contributed by atoms with van der Waals surface area (Å²) in [5.41, 5.74) is -1.47. The largest absolute Gasteiger partial charge is 0.350 e. The number of amides is 4. The minimum absolute atomic E-state index is 0.0647. The van der Waals surface area contributed by atoms with Gasteiger partial charge in [-0.1, -0.05) is 24.3 Å². The fraction of sp³-hybridized carbons (Fsp3) is 0.235. The summed E-state index contributed by atoms with van der Waals surface area (Å²) < 4.78 is 14.1. The quantitative estimate of drug-likeness (QED) is 0.800. The predicted molar refractivity (Wildman–Crippen MR) is 90.2 cm³/mol. The Balaban J connectivity index is 1.71. The van der Waals surface area contributed by atoms with Crippen molar-refractivity contribution in [1.29, 1.82) is 0 Å². The SMILES string of the molecule is CC1(c2ccccc2F)NC(=O)N(CC(=O)NCc2cccs2)C1=O. The molecule has 0 saturated carbocycles. The average Bonchev–Trinajstić information content (AvgIpc) is 3.17. The van der Waals surface area contributed by atoms with Gasteiger partial charge in [0.05, 0.1) is 6.54 Å². The van der Waals surface area contributed by atoms with Gasteiger partial charge in [-0.15, -0.1) is 11.3 Å². The van der Waals surface area contributed by atoms with Crippen LogP contribution in [-0.4, -0.2) is 29.3 Å². The Kier molecular flexibility index (Phi) is 4.54. The van der Waals surface area contributed by atoms with E-state index in [-0.39, 0.29) is 5.56 Å². The first-order chi connectivity index (χ1) is 11.9. The summed E-state index contributed by atoms with van der Waals surface area (Å²) in [6, 6.07) is 8.75. The number of carbonyl (C=O) groups is 3. The van der Waals surface area contributed by atoms with Crippen molar-refractivity contribution >= 4 is 29.2 Å². The summed E-state index contributed by atoms with van der Waals surface area (Å²) in [5, 5.41) is 7.02. The molecule has 1 aliphatic rings. The second kappa shape index (κ2) is 6.64. The molecular weight excluding hydrogens is 345 g/mol. The fourth-order valence-corrected chi connectivity index (χ4v) is 3.33. The summed E-state index contributed by atoms with van der Waals surface area (Å²) in [5.74, 6) is -1.72. The first-order valence-electron chi connectivity index (χ1n) is 7.60. The van der Waals surface area contributed by atoms with Crippen LogP contribution in [0.5, 0.6) is 0 Å². The molecule has 0 spiro atoms. The van der Waals surface area contributed by atoms with Gasteiger partial charge in [0.15, 0.2) is 0 Å². The predicted octanol–water partition coefficient (Wildman–Crippen LogP) is 1.97. The van der Waals surface area contributed by atoms with Crippen LogP contribution >= 0.6 is 11.3 Å². The van der Waals surface area contributed by atoms with Crippen LogP contribution in [0.2, 0.25) is 0 Å². The molecule has 1 unspecified atom stereocenters. The van der Waals surface area contributed by atoms with Crippen molar-refractivity contribution in [2.75, 3.05) is 6.54 Å². The third-order valence-corrected chi connectivity index (χ3v) is 4.91. The Bertz CT molecular complexity index is 824. The lowest BCUT2D eigenvalue weighted by Crippen LogP contribution is -2.43. The topological polar surface area (TPSA) is 78.5 Å². The highest BCUT2D eigenvalue weighted by Crippen LogP contribution is 2.30. The van der Waals surface area contributed by atoms with Gasteiger partial charge in [-0.3, -0.25) is 14.5 Å². The van der Waals surface area contributed by atoms with Crippen LogP contribution < -0.4 is 10.6 Å². The van der Waals surface area contributed by atoms with Crippen molar-refractivity contribution in [3.63, 3.8) is 0 Å². The molecule has 1 aromatic heterocycles. The molecule has 0 radical (unpaired) electrons. The van der Waals surface area contributed by atoms with Gasteiger partial charge in [-0.2, -0.15) is 0 Å². The van der Waals surface area contributed by atoms with Gasteiger partial charge in [-0.05, 0) is 24.4 Å². The summed E-state index contributed by atoms with van der Waals surface area (Å²) >= 11 is 1.49. The average molecular weight is 361 g/mol. The van der Waals surface area contributed by atoms with E-state index in [1.54, 1.807) is 6.07 Å². The van der Waals surface area contributed by atoms with Crippen molar-refractivity contribution < 1.29 is 18.8 Å². The van der Waals surface area contributed by atoms with Crippen LogP contribution in [0, 0.1) is 5.82 Å². The monoisotopic (exact) mass is 361 g/mol. The molecule has 130 valence electrons. The fourth-order valence-electron chi connectivity index (χ4n) is 2.69. The molecule has 0 bridgehead atoms. The number of halogens is 1. The highest BCUT2D eigenvalue weighted by atomic mass is 32.1.